The van der Waals surface area contributed by atoms with Gasteiger partial charge in [0.15, 0.2) is 5.11 Å². The molecule has 0 aliphatic rings. The largest absolute Gasteiger partial charge is 0.466 e. The fourth-order valence-corrected chi connectivity index (χ4v) is 1.21. The number of hydrogen-bond acceptors (Lipinski definition) is 3. The number of nitrogens with one attached hydrogen (secondary N) is 2. The molecule has 5 heteroatoms. The van der Waals surface area contributed by atoms with Gasteiger partial charge < -0.3 is 15.4 Å². The third-order valence-corrected chi connectivity index (χ3v) is 2.11. The van der Waals surface area contributed by atoms with Gasteiger partial charge in [0, 0.05) is 19.5 Å². The third kappa shape index (κ3) is 9.71. The summed E-state index contributed by atoms with van der Waals surface area (Å²) in [6, 6.07) is 0. The lowest BCUT2D eigenvalue weighted by molar-refractivity contribution is -0.143. The van der Waals surface area contributed by atoms with E-state index in [1.807, 2.05) is 0 Å². The van der Waals surface area contributed by atoms with E-state index in [0.29, 0.717) is 30.6 Å². The summed E-state index contributed by atoms with van der Waals surface area (Å²) in [5.74, 6) is 0.421. The zero-order chi connectivity index (χ0) is 12.4. The molecule has 94 valence electrons. The smallest absolute Gasteiger partial charge is 0.305 e. The minimum Gasteiger partial charge on any atom is -0.466 e. The molecule has 0 bridgehead atoms. The molecule has 2 N–H and O–H groups in total. The highest BCUT2D eigenvalue weighted by Gasteiger charge is 2.01. The van der Waals surface area contributed by atoms with E-state index in [4.69, 9.17) is 17.0 Å². The Morgan fingerprint density at radius 1 is 1.38 bits per heavy atom. The summed E-state index contributed by atoms with van der Waals surface area (Å²) in [6.07, 6.45) is 1.18. The van der Waals surface area contributed by atoms with Gasteiger partial charge in [0.2, 0.25) is 0 Å². The molecule has 16 heavy (non-hydrogen) atoms. The highest BCUT2D eigenvalue weighted by molar-refractivity contribution is 7.80. The first-order valence-electron chi connectivity index (χ1n) is 5.73. The first-order valence-corrected chi connectivity index (χ1v) is 6.14. The maximum Gasteiger partial charge on any atom is 0.305 e. The van der Waals surface area contributed by atoms with Crippen LogP contribution in [0.2, 0.25) is 0 Å². The molecule has 0 aliphatic heterocycles. The van der Waals surface area contributed by atoms with Crippen LogP contribution in [-0.2, 0) is 9.53 Å². The minimum absolute atomic E-state index is 0.148. The number of ether oxygens (including phenoxy) is 1. The van der Waals surface area contributed by atoms with Gasteiger partial charge in [0.05, 0.1) is 6.61 Å². The lowest BCUT2D eigenvalue weighted by Gasteiger charge is -2.11. The molecule has 0 aromatic rings. The molecular weight excluding hydrogens is 224 g/mol. The average molecular weight is 246 g/mol. The first-order chi connectivity index (χ1) is 7.56. The molecule has 0 saturated heterocycles. The predicted octanol–water partition coefficient (Wildman–Crippen LogP) is 1.45. The SMILES string of the molecule is CCOC(=O)CCCNC(=S)NCC(C)C. The van der Waals surface area contributed by atoms with Crippen molar-refractivity contribution >= 4 is 23.3 Å². The van der Waals surface area contributed by atoms with Crippen molar-refractivity contribution in [2.45, 2.75) is 33.6 Å². The van der Waals surface area contributed by atoms with Crippen LogP contribution in [-0.4, -0.2) is 30.8 Å². The van der Waals surface area contributed by atoms with E-state index in [1.165, 1.54) is 0 Å². The maximum atomic E-state index is 11.0. The monoisotopic (exact) mass is 246 g/mol. The van der Waals surface area contributed by atoms with Crippen molar-refractivity contribution in [3.8, 4) is 0 Å². The Labute approximate surface area is 103 Å². The number of carbonyl (C=O) groups excluding carboxylic acids is 1. The van der Waals surface area contributed by atoms with E-state index in [1.54, 1.807) is 6.92 Å². The predicted molar refractivity (Wildman–Crippen MR) is 69.3 cm³/mol. The number of thiocarbonyl (C=S) groups is 1. The zero-order valence-corrected chi connectivity index (χ0v) is 11.2. The summed E-state index contributed by atoms with van der Waals surface area (Å²) in [7, 11) is 0. The molecule has 0 saturated carbocycles. The lowest BCUT2D eigenvalue weighted by atomic mass is 10.2. The summed E-state index contributed by atoms with van der Waals surface area (Å²) in [5, 5.41) is 6.80. The zero-order valence-electron chi connectivity index (χ0n) is 10.3. The van der Waals surface area contributed by atoms with Gasteiger partial charge >= 0.3 is 5.97 Å². The molecule has 0 unspecified atom stereocenters. The second-order valence-electron chi connectivity index (χ2n) is 3.94. The molecule has 0 radical (unpaired) electrons. The van der Waals surface area contributed by atoms with E-state index in [0.717, 1.165) is 13.0 Å². The number of carbonyl (C=O) groups is 1. The summed E-state index contributed by atoms with van der Waals surface area (Å²) in [5.41, 5.74) is 0. The maximum absolute atomic E-state index is 11.0. The Hall–Kier alpha value is -0.840. The summed E-state index contributed by atoms with van der Waals surface area (Å²) in [6.45, 7) is 8.06. The Balaban J connectivity index is 3.37. The van der Waals surface area contributed by atoms with Crippen LogP contribution in [0.15, 0.2) is 0 Å². The number of hydrogen-bond donors (Lipinski definition) is 2. The summed E-state index contributed by atoms with van der Waals surface area (Å²) >= 11 is 5.06. The van der Waals surface area contributed by atoms with Crippen LogP contribution in [0.5, 0.6) is 0 Å². The Morgan fingerprint density at radius 3 is 2.62 bits per heavy atom. The molecule has 0 aromatic carbocycles. The van der Waals surface area contributed by atoms with Crippen molar-refractivity contribution in [1.29, 1.82) is 0 Å². The van der Waals surface area contributed by atoms with Gasteiger partial charge in [-0.3, -0.25) is 4.79 Å². The summed E-state index contributed by atoms with van der Waals surface area (Å²) in [4.78, 5) is 11.0. The summed E-state index contributed by atoms with van der Waals surface area (Å²) < 4.78 is 4.81. The van der Waals surface area contributed by atoms with E-state index in [9.17, 15) is 4.79 Å². The van der Waals surface area contributed by atoms with Crippen LogP contribution >= 0.6 is 12.2 Å². The van der Waals surface area contributed by atoms with E-state index in [2.05, 4.69) is 24.5 Å². The van der Waals surface area contributed by atoms with Gasteiger partial charge in [-0.05, 0) is 31.5 Å². The van der Waals surface area contributed by atoms with Gasteiger partial charge in [-0.2, -0.15) is 0 Å². The second-order valence-corrected chi connectivity index (χ2v) is 4.35. The number of rotatable bonds is 7. The van der Waals surface area contributed by atoms with Crippen LogP contribution in [0.25, 0.3) is 0 Å². The molecule has 0 rings (SSSR count). The quantitative estimate of drug-likeness (QED) is 0.404. The molecule has 0 amide bonds. The van der Waals surface area contributed by atoms with Crippen LogP contribution < -0.4 is 10.6 Å². The van der Waals surface area contributed by atoms with E-state index in [-0.39, 0.29) is 5.97 Å². The lowest BCUT2D eigenvalue weighted by Crippen LogP contribution is -2.37. The van der Waals surface area contributed by atoms with Gasteiger partial charge in [0.1, 0.15) is 0 Å². The second kappa shape index (κ2) is 9.39. The minimum atomic E-state index is -0.148. The van der Waals surface area contributed by atoms with Crippen molar-refractivity contribution < 1.29 is 9.53 Å². The normalized spacial score (nSPS) is 10.0. The molecule has 0 aromatic heterocycles. The third-order valence-electron chi connectivity index (χ3n) is 1.82. The van der Waals surface area contributed by atoms with Gasteiger partial charge in [0.25, 0.3) is 0 Å². The topological polar surface area (TPSA) is 50.4 Å². The van der Waals surface area contributed by atoms with Crippen LogP contribution in [0.4, 0.5) is 0 Å². The van der Waals surface area contributed by atoms with Crippen LogP contribution in [0, 0.1) is 5.92 Å². The Kier molecular flexibility index (Phi) is 8.90. The van der Waals surface area contributed by atoms with Crippen LogP contribution in [0.3, 0.4) is 0 Å². The highest BCUT2D eigenvalue weighted by Crippen LogP contribution is 1.91. The standard InChI is InChI=1S/C11H22N2O2S/c1-4-15-10(14)6-5-7-12-11(16)13-8-9(2)3/h9H,4-8H2,1-3H3,(H2,12,13,16). The molecule has 4 nitrogen and oxygen atoms in total. The molecule has 0 spiro atoms. The fourth-order valence-electron chi connectivity index (χ4n) is 1.03. The van der Waals surface area contributed by atoms with E-state index >= 15 is 0 Å². The van der Waals surface area contributed by atoms with Crippen molar-refractivity contribution in [2.75, 3.05) is 19.7 Å². The van der Waals surface area contributed by atoms with Crippen molar-refractivity contribution in [1.82, 2.24) is 10.6 Å². The molecule has 0 fully saturated rings. The van der Waals surface area contributed by atoms with Crippen molar-refractivity contribution in [2.24, 2.45) is 5.92 Å². The van der Waals surface area contributed by atoms with Gasteiger partial charge in [-0.1, -0.05) is 13.8 Å². The number of esters is 1. The van der Waals surface area contributed by atoms with Crippen LogP contribution in [0.1, 0.15) is 33.6 Å². The fraction of sp³-hybridized carbons (Fsp3) is 0.818. The molecule has 0 heterocycles. The van der Waals surface area contributed by atoms with Gasteiger partial charge in [-0.25, -0.2) is 0 Å². The van der Waals surface area contributed by atoms with Crippen molar-refractivity contribution in [3.05, 3.63) is 0 Å². The molecule has 0 aliphatic carbocycles. The Morgan fingerprint density at radius 2 is 2.06 bits per heavy atom. The molecular formula is C11H22N2O2S. The van der Waals surface area contributed by atoms with Crippen molar-refractivity contribution in [3.63, 3.8) is 0 Å². The highest BCUT2D eigenvalue weighted by atomic mass is 32.1. The first kappa shape index (κ1) is 15.2. The average Bonchev–Trinajstić information content (AvgIpc) is 2.22. The Bertz CT molecular complexity index is 220. The van der Waals surface area contributed by atoms with Gasteiger partial charge in [-0.15, -0.1) is 0 Å². The molecule has 0 atom stereocenters. The van der Waals surface area contributed by atoms with E-state index < -0.39 is 0 Å².